The van der Waals surface area contributed by atoms with Crippen molar-refractivity contribution >= 4 is 11.6 Å². The van der Waals surface area contributed by atoms with Crippen LogP contribution in [-0.2, 0) is 13.2 Å². The molecule has 0 aliphatic heterocycles. The van der Waals surface area contributed by atoms with Crippen molar-refractivity contribution in [3.63, 3.8) is 0 Å². The van der Waals surface area contributed by atoms with Gasteiger partial charge in [-0.05, 0) is 28.8 Å². The Balaban J connectivity index is 1.84. The van der Waals surface area contributed by atoms with Crippen LogP contribution >= 0.6 is 11.6 Å². The molecule has 0 amide bonds. The zero-order chi connectivity index (χ0) is 14.4. The van der Waals surface area contributed by atoms with E-state index in [-0.39, 0.29) is 6.61 Å². The summed E-state index contributed by atoms with van der Waals surface area (Å²) in [6.07, 6.45) is -0.562. The summed E-state index contributed by atoms with van der Waals surface area (Å²) in [5, 5.41) is 23.0. The van der Waals surface area contributed by atoms with E-state index < -0.39 is 6.10 Å². The number of rotatable bonds is 6. The highest BCUT2D eigenvalue weighted by Gasteiger charge is 2.06. The second-order valence-electron chi connectivity index (χ2n) is 4.68. The topological polar surface area (TPSA) is 52.5 Å². The first kappa shape index (κ1) is 15.0. The van der Waals surface area contributed by atoms with E-state index in [0.717, 1.165) is 16.7 Å². The Labute approximate surface area is 123 Å². The van der Waals surface area contributed by atoms with Crippen molar-refractivity contribution in [2.24, 2.45) is 0 Å². The third-order valence-electron chi connectivity index (χ3n) is 3.10. The number of hydrogen-bond acceptors (Lipinski definition) is 3. The summed E-state index contributed by atoms with van der Waals surface area (Å²) in [7, 11) is 0. The van der Waals surface area contributed by atoms with Gasteiger partial charge in [-0.3, -0.25) is 0 Å². The van der Waals surface area contributed by atoms with E-state index in [2.05, 4.69) is 5.32 Å². The Morgan fingerprint density at radius 1 is 1.05 bits per heavy atom. The molecule has 0 bridgehead atoms. The maximum atomic E-state index is 10.0. The summed E-state index contributed by atoms with van der Waals surface area (Å²) >= 11 is 5.81. The van der Waals surface area contributed by atoms with Crippen LogP contribution in [-0.4, -0.2) is 16.8 Å². The van der Waals surface area contributed by atoms with E-state index in [1.165, 1.54) is 0 Å². The van der Waals surface area contributed by atoms with Gasteiger partial charge in [-0.25, -0.2) is 0 Å². The normalized spacial score (nSPS) is 12.3. The average molecular weight is 292 g/mol. The molecule has 2 rings (SSSR count). The summed E-state index contributed by atoms with van der Waals surface area (Å²) < 4.78 is 0. The van der Waals surface area contributed by atoms with Crippen LogP contribution in [0.1, 0.15) is 22.8 Å². The van der Waals surface area contributed by atoms with Gasteiger partial charge >= 0.3 is 0 Å². The molecule has 0 aliphatic carbocycles. The molecular formula is C16H18ClNO2. The summed E-state index contributed by atoms with van der Waals surface area (Å²) in [6, 6.07) is 14.9. The van der Waals surface area contributed by atoms with Crippen LogP contribution in [0.15, 0.2) is 48.5 Å². The predicted molar refractivity (Wildman–Crippen MR) is 80.5 cm³/mol. The Morgan fingerprint density at radius 3 is 2.45 bits per heavy atom. The summed E-state index contributed by atoms with van der Waals surface area (Å²) in [5.41, 5.74) is 2.81. The highest BCUT2D eigenvalue weighted by Crippen LogP contribution is 2.16. The van der Waals surface area contributed by atoms with Crippen LogP contribution in [0.5, 0.6) is 0 Å². The monoisotopic (exact) mass is 291 g/mol. The van der Waals surface area contributed by atoms with Crippen molar-refractivity contribution in [2.75, 3.05) is 6.54 Å². The van der Waals surface area contributed by atoms with E-state index in [0.29, 0.717) is 18.1 Å². The zero-order valence-electron chi connectivity index (χ0n) is 11.1. The van der Waals surface area contributed by atoms with E-state index in [1.54, 1.807) is 12.1 Å². The molecule has 4 heteroatoms. The Hall–Kier alpha value is -1.39. The summed E-state index contributed by atoms with van der Waals surface area (Å²) in [4.78, 5) is 0. The minimum absolute atomic E-state index is 0.0429. The number of hydrogen-bond donors (Lipinski definition) is 3. The fraction of sp³-hybridized carbons (Fsp3) is 0.250. The predicted octanol–water partition coefficient (Wildman–Crippen LogP) is 2.66. The van der Waals surface area contributed by atoms with E-state index >= 15 is 0 Å². The molecule has 3 nitrogen and oxygen atoms in total. The molecule has 0 radical (unpaired) electrons. The maximum Gasteiger partial charge on any atom is 0.0914 e. The van der Waals surface area contributed by atoms with Crippen LogP contribution in [0.4, 0.5) is 0 Å². The van der Waals surface area contributed by atoms with E-state index in [1.807, 2.05) is 36.4 Å². The van der Waals surface area contributed by atoms with Crippen molar-refractivity contribution in [3.8, 4) is 0 Å². The molecule has 1 atom stereocenters. The lowest BCUT2D eigenvalue weighted by molar-refractivity contribution is 0.174. The van der Waals surface area contributed by atoms with Crippen molar-refractivity contribution in [2.45, 2.75) is 19.3 Å². The lowest BCUT2D eigenvalue weighted by atomic mass is 10.1. The quantitative estimate of drug-likeness (QED) is 0.767. The number of benzene rings is 2. The fourth-order valence-electron chi connectivity index (χ4n) is 1.99. The molecule has 3 N–H and O–H groups in total. The van der Waals surface area contributed by atoms with Crippen LogP contribution in [0.25, 0.3) is 0 Å². The minimum atomic E-state index is -0.562. The highest BCUT2D eigenvalue weighted by molar-refractivity contribution is 6.30. The Kier molecular flexibility index (Phi) is 5.56. The van der Waals surface area contributed by atoms with Crippen molar-refractivity contribution in [1.29, 1.82) is 0 Å². The van der Waals surface area contributed by atoms with Gasteiger partial charge in [0.2, 0.25) is 0 Å². The number of halogens is 1. The third kappa shape index (κ3) is 4.32. The molecule has 20 heavy (non-hydrogen) atoms. The average Bonchev–Trinajstić information content (AvgIpc) is 2.48. The Bertz CT molecular complexity index is 542. The first-order valence-electron chi connectivity index (χ1n) is 6.52. The van der Waals surface area contributed by atoms with Gasteiger partial charge in [0, 0.05) is 18.1 Å². The molecule has 0 aromatic heterocycles. The van der Waals surface area contributed by atoms with Crippen molar-refractivity contribution in [1.82, 2.24) is 5.32 Å². The van der Waals surface area contributed by atoms with Gasteiger partial charge in [0.25, 0.3) is 0 Å². The smallest absolute Gasteiger partial charge is 0.0914 e. The Morgan fingerprint density at radius 2 is 1.75 bits per heavy atom. The maximum absolute atomic E-state index is 10.0. The summed E-state index contributed by atoms with van der Waals surface area (Å²) in [6.45, 7) is 1.16. The molecule has 0 fully saturated rings. The molecule has 0 saturated carbocycles. The molecule has 0 spiro atoms. The van der Waals surface area contributed by atoms with Gasteiger partial charge in [-0.2, -0.15) is 0 Å². The second-order valence-corrected chi connectivity index (χ2v) is 5.11. The molecule has 1 unspecified atom stereocenters. The first-order valence-corrected chi connectivity index (χ1v) is 6.90. The molecular weight excluding hydrogens is 274 g/mol. The molecule has 0 heterocycles. The van der Waals surface area contributed by atoms with Crippen molar-refractivity contribution < 1.29 is 10.2 Å². The molecule has 0 aliphatic rings. The standard InChI is InChI=1S/C16H18ClNO2/c17-15-6-4-14(5-7-15)16(20)10-18-9-12-2-1-3-13(8-12)11-19/h1-8,16,18-20H,9-11H2. The lowest BCUT2D eigenvalue weighted by Gasteiger charge is -2.12. The van der Waals surface area contributed by atoms with Crippen LogP contribution in [0.2, 0.25) is 5.02 Å². The van der Waals surface area contributed by atoms with Gasteiger partial charge in [-0.15, -0.1) is 0 Å². The van der Waals surface area contributed by atoms with Gasteiger partial charge in [-0.1, -0.05) is 48.0 Å². The number of aliphatic hydroxyl groups excluding tert-OH is 2. The van der Waals surface area contributed by atoms with Gasteiger partial charge in [0.05, 0.1) is 12.7 Å². The third-order valence-corrected chi connectivity index (χ3v) is 3.35. The van der Waals surface area contributed by atoms with Crippen LogP contribution in [0.3, 0.4) is 0 Å². The number of aliphatic hydroxyl groups is 2. The van der Waals surface area contributed by atoms with Gasteiger partial charge < -0.3 is 15.5 Å². The SMILES string of the molecule is OCc1cccc(CNCC(O)c2ccc(Cl)cc2)c1. The van der Waals surface area contributed by atoms with Crippen LogP contribution in [0, 0.1) is 0 Å². The van der Waals surface area contributed by atoms with E-state index in [4.69, 9.17) is 16.7 Å². The second kappa shape index (κ2) is 7.41. The highest BCUT2D eigenvalue weighted by atomic mass is 35.5. The van der Waals surface area contributed by atoms with Crippen LogP contribution < -0.4 is 5.32 Å². The largest absolute Gasteiger partial charge is 0.392 e. The zero-order valence-corrected chi connectivity index (χ0v) is 11.8. The molecule has 0 saturated heterocycles. The van der Waals surface area contributed by atoms with Gasteiger partial charge in [0.1, 0.15) is 0 Å². The number of nitrogens with one attached hydrogen (secondary N) is 1. The lowest BCUT2D eigenvalue weighted by Crippen LogP contribution is -2.21. The van der Waals surface area contributed by atoms with E-state index in [9.17, 15) is 5.11 Å². The van der Waals surface area contributed by atoms with Crippen molar-refractivity contribution in [3.05, 3.63) is 70.2 Å². The molecule has 2 aromatic rings. The first-order chi connectivity index (χ1) is 9.69. The minimum Gasteiger partial charge on any atom is -0.392 e. The fourth-order valence-corrected chi connectivity index (χ4v) is 2.12. The molecule has 106 valence electrons. The molecule has 2 aromatic carbocycles. The summed E-state index contributed by atoms with van der Waals surface area (Å²) in [5.74, 6) is 0. The van der Waals surface area contributed by atoms with Gasteiger partial charge in [0.15, 0.2) is 0 Å².